The molecule has 222 valence electrons. The molecule has 0 aromatic heterocycles. The average Bonchev–Trinajstić information content (AvgIpc) is 3.35. The van der Waals surface area contributed by atoms with E-state index < -0.39 is 24.3 Å². The number of alkyl carbamates (subject to hydrolysis) is 1. The van der Waals surface area contributed by atoms with Crippen LogP contribution in [0.5, 0.6) is 11.5 Å². The van der Waals surface area contributed by atoms with E-state index in [2.05, 4.69) is 22.8 Å². The van der Waals surface area contributed by atoms with Crippen molar-refractivity contribution in [2.75, 3.05) is 32.0 Å². The molecular formula is C31H35ClN4O6. The summed E-state index contributed by atoms with van der Waals surface area (Å²) >= 11 is 6.35. The number of nitrogen functional groups attached to an aromatic ring is 1. The Hall–Kier alpha value is -4.15. The summed E-state index contributed by atoms with van der Waals surface area (Å²) in [5, 5.41) is 17.0. The van der Waals surface area contributed by atoms with Crippen molar-refractivity contribution in [2.45, 2.75) is 38.0 Å². The first-order chi connectivity index (χ1) is 20.3. The van der Waals surface area contributed by atoms with Crippen molar-refractivity contribution in [3.8, 4) is 11.5 Å². The molecule has 0 radical (unpaired) electrons. The molecule has 0 bridgehead atoms. The second-order valence-corrected chi connectivity index (χ2v) is 10.7. The number of fused-ring (bicyclic) bond motifs is 2. The minimum Gasteiger partial charge on any atom is -0.493 e. The first-order valence-electron chi connectivity index (χ1n) is 14.0. The van der Waals surface area contributed by atoms with Crippen LogP contribution in [-0.4, -0.2) is 60.6 Å². The minimum absolute atomic E-state index is 0.0698. The Morgan fingerprint density at radius 1 is 1.17 bits per heavy atom. The maximum Gasteiger partial charge on any atom is 0.416 e. The van der Waals surface area contributed by atoms with E-state index in [1.807, 2.05) is 30.3 Å². The Bertz CT molecular complexity index is 1370. The monoisotopic (exact) mass is 594 g/mol. The lowest BCUT2D eigenvalue weighted by molar-refractivity contribution is 0.120. The van der Waals surface area contributed by atoms with Crippen LogP contribution in [0.25, 0.3) is 0 Å². The van der Waals surface area contributed by atoms with E-state index in [9.17, 15) is 14.7 Å². The van der Waals surface area contributed by atoms with Gasteiger partial charge in [-0.1, -0.05) is 35.9 Å². The van der Waals surface area contributed by atoms with E-state index >= 15 is 0 Å². The average molecular weight is 595 g/mol. The summed E-state index contributed by atoms with van der Waals surface area (Å²) in [5.41, 5.74) is 9.48. The van der Waals surface area contributed by atoms with Gasteiger partial charge in [0, 0.05) is 41.8 Å². The lowest BCUT2D eigenvalue weighted by atomic mass is 9.85. The fourth-order valence-electron chi connectivity index (χ4n) is 5.42. The van der Waals surface area contributed by atoms with Crippen LogP contribution in [0, 0.1) is 5.92 Å². The minimum atomic E-state index is -0.768. The van der Waals surface area contributed by atoms with Gasteiger partial charge in [-0.3, -0.25) is 4.90 Å². The van der Waals surface area contributed by atoms with Crippen molar-refractivity contribution in [3.63, 3.8) is 0 Å². The Morgan fingerprint density at radius 3 is 2.64 bits per heavy atom. The first-order valence-corrected chi connectivity index (χ1v) is 14.4. The van der Waals surface area contributed by atoms with Gasteiger partial charge in [-0.15, -0.1) is 0 Å². The predicted octanol–water partition coefficient (Wildman–Crippen LogP) is 4.63. The van der Waals surface area contributed by atoms with Crippen LogP contribution in [0.2, 0.25) is 0 Å². The molecule has 3 unspecified atom stereocenters. The number of aliphatic hydroxyl groups is 1. The van der Waals surface area contributed by atoms with Crippen LogP contribution in [0.3, 0.4) is 0 Å². The molecular weight excluding hydrogens is 560 g/mol. The SMILES string of the molecule is CCOC(=O)NCC(O)CCOc1ccc([C@H]2C3=C(CCN2C(=O)Oc2ccc(N)cc2)C2C=C(Cl)C=CC2N3)cc1. The van der Waals surface area contributed by atoms with E-state index in [0.717, 1.165) is 11.3 Å². The number of rotatable bonds is 9. The Labute approximate surface area is 249 Å². The third kappa shape index (κ3) is 6.83. The number of halogens is 1. The number of nitrogens with zero attached hydrogens (tertiary/aromatic N) is 1. The molecule has 1 aliphatic carbocycles. The number of nitrogens with two attached hydrogens (primary N) is 1. The summed E-state index contributed by atoms with van der Waals surface area (Å²) in [6.07, 6.45) is 5.26. The Morgan fingerprint density at radius 2 is 1.90 bits per heavy atom. The smallest absolute Gasteiger partial charge is 0.416 e. The Balaban J connectivity index is 1.30. The van der Waals surface area contributed by atoms with E-state index in [1.54, 1.807) is 36.1 Å². The maximum atomic E-state index is 13.5. The number of allylic oxidation sites excluding steroid dienone is 2. The molecule has 4 atom stereocenters. The number of carbonyl (C=O) groups excluding carboxylic acids is 2. The molecule has 5 rings (SSSR count). The number of benzene rings is 2. The fourth-order valence-corrected chi connectivity index (χ4v) is 5.63. The first kappa shape index (κ1) is 29.3. The molecule has 42 heavy (non-hydrogen) atoms. The van der Waals surface area contributed by atoms with Gasteiger partial charge in [0.1, 0.15) is 17.5 Å². The number of amides is 2. The number of ether oxygens (including phenoxy) is 3. The van der Waals surface area contributed by atoms with Gasteiger partial charge >= 0.3 is 12.2 Å². The summed E-state index contributed by atoms with van der Waals surface area (Å²) in [4.78, 5) is 26.6. The topological polar surface area (TPSA) is 135 Å². The predicted molar refractivity (Wildman–Crippen MR) is 159 cm³/mol. The van der Waals surface area contributed by atoms with Gasteiger partial charge in [0.25, 0.3) is 0 Å². The van der Waals surface area contributed by atoms with Crippen molar-refractivity contribution in [1.82, 2.24) is 15.5 Å². The van der Waals surface area contributed by atoms with Crippen LogP contribution >= 0.6 is 11.6 Å². The van der Waals surface area contributed by atoms with Gasteiger partial charge < -0.3 is 35.7 Å². The number of aliphatic hydroxyl groups excluding tert-OH is 1. The molecule has 0 saturated carbocycles. The summed E-state index contributed by atoms with van der Waals surface area (Å²) in [7, 11) is 0. The molecule has 11 heteroatoms. The number of hydrogen-bond acceptors (Lipinski definition) is 8. The number of anilines is 1. The van der Waals surface area contributed by atoms with Crippen LogP contribution in [0.15, 0.2) is 83.1 Å². The van der Waals surface area contributed by atoms with E-state index in [0.29, 0.717) is 41.6 Å². The highest BCUT2D eigenvalue weighted by atomic mass is 35.5. The number of carbonyl (C=O) groups is 2. The highest BCUT2D eigenvalue weighted by Crippen LogP contribution is 2.45. The van der Waals surface area contributed by atoms with Crippen molar-refractivity contribution in [2.24, 2.45) is 5.92 Å². The van der Waals surface area contributed by atoms with Crippen LogP contribution in [0.1, 0.15) is 31.4 Å². The van der Waals surface area contributed by atoms with Gasteiger partial charge in [0.2, 0.25) is 0 Å². The summed E-state index contributed by atoms with van der Waals surface area (Å²) < 4.78 is 16.4. The molecule has 2 amide bonds. The Kier molecular flexibility index (Phi) is 9.24. The van der Waals surface area contributed by atoms with E-state index in [4.69, 9.17) is 31.5 Å². The number of hydrogen-bond donors (Lipinski definition) is 4. The highest BCUT2D eigenvalue weighted by molar-refractivity contribution is 6.31. The number of nitrogens with one attached hydrogen (secondary N) is 2. The molecule has 0 spiro atoms. The molecule has 3 aliphatic rings. The van der Waals surface area contributed by atoms with E-state index in [-0.39, 0.29) is 31.7 Å². The molecule has 10 nitrogen and oxygen atoms in total. The maximum absolute atomic E-state index is 13.5. The summed E-state index contributed by atoms with van der Waals surface area (Å²) in [6.45, 7) is 2.79. The third-order valence-corrected chi connectivity index (χ3v) is 7.71. The molecule has 2 aliphatic heterocycles. The summed E-state index contributed by atoms with van der Waals surface area (Å²) in [5.74, 6) is 1.17. The van der Waals surface area contributed by atoms with E-state index in [1.165, 1.54) is 5.57 Å². The van der Waals surface area contributed by atoms with Gasteiger partial charge in [-0.05, 0) is 67.0 Å². The standard InChI is InChI=1S/C31H35ClN4O6/c1-2-40-30(38)34-18-22(37)14-16-41-23-8-3-19(4-9-23)29-28-25(26-17-20(32)5-12-27(26)35-28)13-15-36(29)31(39)42-24-10-6-21(33)7-11-24/h3-12,17,22,26-27,29,35,37H,2,13-16,18,33H2,1H3,(H,34,38)/t22?,26?,27?,29-/m0/s1. The largest absolute Gasteiger partial charge is 0.493 e. The van der Waals surface area contributed by atoms with Crippen molar-refractivity contribution >= 4 is 29.5 Å². The van der Waals surface area contributed by atoms with Crippen molar-refractivity contribution in [1.29, 1.82) is 0 Å². The van der Waals surface area contributed by atoms with Crippen LogP contribution in [-0.2, 0) is 4.74 Å². The quantitative estimate of drug-likeness (QED) is 0.309. The second-order valence-electron chi connectivity index (χ2n) is 10.3. The second kappa shape index (κ2) is 13.2. The highest BCUT2D eigenvalue weighted by Gasteiger charge is 2.43. The molecule has 5 N–H and O–H groups in total. The summed E-state index contributed by atoms with van der Waals surface area (Å²) in [6, 6.07) is 14.0. The van der Waals surface area contributed by atoms with Gasteiger partial charge in [-0.2, -0.15) is 0 Å². The zero-order valence-corrected chi connectivity index (χ0v) is 24.0. The normalized spacial score (nSPS) is 21.5. The lowest BCUT2D eigenvalue weighted by Gasteiger charge is -2.37. The zero-order chi connectivity index (χ0) is 29.6. The molecule has 2 heterocycles. The van der Waals surface area contributed by atoms with Crippen molar-refractivity contribution in [3.05, 3.63) is 88.6 Å². The zero-order valence-electron chi connectivity index (χ0n) is 23.3. The van der Waals surface area contributed by atoms with Crippen molar-refractivity contribution < 1.29 is 28.9 Å². The van der Waals surface area contributed by atoms with Gasteiger partial charge in [0.05, 0.1) is 25.4 Å². The van der Waals surface area contributed by atoms with Crippen LogP contribution in [0.4, 0.5) is 15.3 Å². The van der Waals surface area contributed by atoms with Gasteiger partial charge in [0.15, 0.2) is 0 Å². The fraction of sp³-hybridized carbons (Fsp3) is 0.355. The van der Waals surface area contributed by atoms with Gasteiger partial charge in [-0.25, -0.2) is 9.59 Å². The van der Waals surface area contributed by atoms with Crippen LogP contribution < -0.4 is 25.8 Å². The molecule has 0 fully saturated rings. The molecule has 2 aromatic carbocycles. The third-order valence-electron chi connectivity index (χ3n) is 7.46. The lowest BCUT2D eigenvalue weighted by Crippen LogP contribution is -2.43. The molecule has 0 saturated heterocycles. The molecule has 2 aromatic rings.